The summed E-state index contributed by atoms with van der Waals surface area (Å²) in [5.41, 5.74) is 3.33. The summed E-state index contributed by atoms with van der Waals surface area (Å²) in [6.45, 7) is 4.06. The van der Waals surface area contributed by atoms with Gasteiger partial charge in [-0.1, -0.05) is 18.2 Å². The van der Waals surface area contributed by atoms with Crippen molar-refractivity contribution in [3.63, 3.8) is 0 Å². The largest absolute Gasteiger partial charge is 0.378 e. The van der Waals surface area contributed by atoms with Gasteiger partial charge in [-0.25, -0.2) is 4.98 Å². The topological polar surface area (TPSA) is 58.9 Å². The Morgan fingerprint density at radius 1 is 1.11 bits per heavy atom. The van der Waals surface area contributed by atoms with Gasteiger partial charge in [-0.3, -0.25) is 4.79 Å². The van der Waals surface area contributed by atoms with Crippen molar-refractivity contribution in [3.05, 3.63) is 66.2 Å². The Labute approximate surface area is 165 Å². The number of rotatable bonds is 7. The molecule has 0 unspecified atom stereocenters. The Balaban J connectivity index is 1.21. The zero-order chi connectivity index (χ0) is 19.2. The molecule has 0 saturated carbocycles. The van der Waals surface area contributed by atoms with Gasteiger partial charge in [0.25, 0.3) is 0 Å². The molecule has 1 aromatic carbocycles. The minimum absolute atomic E-state index is 0.0621. The van der Waals surface area contributed by atoms with Crippen molar-refractivity contribution in [1.82, 2.24) is 14.7 Å². The highest BCUT2D eigenvalue weighted by molar-refractivity contribution is 5.78. The van der Waals surface area contributed by atoms with Crippen LogP contribution in [0.4, 0.5) is 5.69 Å². The third kappa shape index (κ3) is 4.51. The van der Waals surface area contributed by atoms with Crippen molar-refractivity contribution in [3.8, 4) is 0 Å². The first-order chi connectivity index (χ1) is 13.8. The number of hydrogen-bond donors (Lipinski definition) is 1. The molecule has 1 saturated heterocycles. The zero-order valence-corrected chi connectivity index (χ0v) is 16.0. The zero-order valence-electron chi connectivity index (χ0n) is 16.0. The van der Waals surface area contributed by atoms with Gasteiger partial charge >= 0.3 is 0 Å². The Bertz CT molecular complexity index is 914. The molecule has 0 radical (unpaired) electrons. The van der Waals surface area contributed by atoms with Gasteiger partial charge in [0.1, 0.15) is 5.82 Å². The average Bonchev–Trinajstić information content (AvgIpc) is 3.16. The highest BCUT2D eigenvalue weighted by Crippen LogP contribution is 2.17. The van der Waals surface area contributed by atoms with Crippen LogP contribution in [0.2, 0.25) is 0 Å². The lowest BCUT2D eigenvalue weighted by Gasteiger charge is -2.28. The minimum Gasteiger partial charge on any atom is -0.378 e. The van der Waals surface area contributed by atoms with E-state index in [1.807, 2.05) is 42.7 Å². The second kappa shape index (κ2) is 8.89. The van der Waals surface area contributed by atoms with Crippen molar-refractivity contribution in [1.29, 1.82) is 0 Å². The fraction of sp³-hybridized carbons (Fsp3) is 0.364. The van der Waals surface area contributed by atoms with Gasteiger partial charge in [0.15, 0.2) is 0 Å². The molecule has 1 amide bonds. The second-order valence-electron chi connectivity index (χ2n) is 7.07. The van der Waals surface area contributed by atoms with Crippen LogP contribution in [0.5, 0.6) is 0 Å². The fourth-order valence-corrected chi connectivity index (χ4v) is 3.55. The number of nitrogens with zero attached hydrogens (tertiary/aromatic N) is 3. The Kier molecular flexibility index (Phi) is 5.87. The lowest BCUT2D eigenvalue weighted by molar-refractivity contribution is -0.120. The van der Waals surface area contributed by atoms with Crippen molar-refractivity contribution >= 4 is 17.1 Å². The van der Waals surface area contributed by atoms with Crippen LogP contribution >= 0.6 is 0 Å². The van der Waals surface area contributed by atoms with Crippen LogP contribution in [0.3, 0.4) is 0 Å². The first-order valence-corrected chi connectivity index (χ1v) is 9.89. The maximum Gasteiger partial charge on any atom is 0.224 e. The quantitative estimate of drug-likeness (QED) is 0.642. The molecule has 3 aromatic rings. The minimum atomic E-state index is 0.0621. The summed E-state index contributed by atoms with van der Waals surface area (Å²) in [5.74, 6) is 1.09. The molecular weight excluding hydrogens is 352 g/mol. The molecule has 2 aromatic heterocycles. The number of fused-ring (bicyclic) bond motifs is 1. The summed E-state index contributed by atoms with van der Waals surface area (Å²) in [6, 6.07) is 14.3. The fourth-order valence-electron chi connectivity index (χ4n) is 3.55. The molecule has 1 aliphatic rings. The van der Waals surface area contributed by atoms with E-state index in [0.29, 0.717) is 13.0 Å². The summed E-state index contributed by atoms with van der Waals surface area (Å²) >= 11 is 0. The number of nitrogens with one attached hydrogen (secondary N) is 1. The standard InChI is InChI=1S/C22H26N4O2/c27-22(16-18-6-8-19(9-7-18)25-12-14-28-15-13-25)23-10-3-5-21-24-17-20-4-1-2-11-26(20)21/h1-2,4,6-9,11,17H,3,5,10,12-16H2,(H,23,27). The number of amides is 1. The van der Waals surface area contributed by atoms with Crippen LogP contribution in [0.15, 0.2) is 54.9 Å². The Hall–Kier alpha value is -2.86. The first kappa shape index (κ1) is 18.5. The highest BCUT2D eigenvalue weighted by atomic mass is 16.5. The van der Waals surface area contributed by atoms with Gasteiger partial charge in [0, 0.05) is 37.9 Å². The van der Waals surface area contributed by atoms with E-state index in [1.165, 1.54) is 5.69 Å². The van der Waals surface area contributed by atoms with E-state index in [0.717, 1.165) is 56.0 Å². The molecule has 0 bridgehead atoms. The molecule has 4 rings (SSSR count). The lowest BCUT2D eigenvalue weighted by Crippen LogP contribution is -2.36. The highest BCUT2D eigenvalue weighted by Gasteiger charge is 2.11. The van der Waals surface area contributed by atoms with Gasteiger partial charge in [0.05, 0.1) is 31.3 Å². The van der Waals surface area contributed by atoms with Crippen LogP contribution in [0.25, 0.3) is 5.52 Å². The van der Waals surface area contributed by atoms with Crippen LogP contribution < -0.4 is 10.2 Å². The van der Waals surface area contributed by atoms with Gasteiger partial charge in [-0.2, -0.15) is 0 Å². The summed E-state index contributed by atoms with van der Waals surface area (Å²) in [7, 11) is 0. The van der Waals surface area contributed by atoms with Gasteiger partial charge in [-0.15, -0.1) is 0 Å². The number of aryl methyl sites for hydroxylation is 1. The van der Waals surface area contributed by atoms with E-state index < -0.39 is 0 Å². The molecule has 0 spiro atoms. The number of hydrogen-bond acceptors (Lipinski definition) is 4. The average molecular weight is 378 g/mol. The molecule has 6 heteroatoms. The van der Waals surface area contributed by atoms with E-state index >= 15 is 0 Å². The van der Waals surface area contributed by atoms with Crippen LogP contribution in [-0.2, 0) is 22.4 Å². The van der Waals surface area contributed by atoms with Crippen LogP contribution in [0, 0.1) is 0 Å². The van der Waals surface area contributed by atoms with E-state index in [4.69, 9.17) is 4.74 Å². The molecule has 3 heterocycles. The Morgan fingerprint density at radius 2 is 1.93 bits per heavy atom. The number of carbonyl (C=O) groups is 1. The maximum absolute atomic E-state index is 12.2. The molecule has 28 heavy (non-hydrogen) atoms. The predicted octanol–water partition coefficient (Wildman–Crippen LogP) is 2.46. The summed E-state index contributed by atoms with van der Waals surface area (Å²) in [6.07, 6.45) is 6.03. The molecule has 6 nitrogen and oxygen atoms in total. The molecular formula is C22H26N4O2. The van der Waals surface area contributed by atoms with Gasteiger partial charge in [-0.05, 0) is 36.2 Å². The van der Waals surface area contributed by atoms with E-state index in [9.17, 15) is 4.79 Å². The lowest BCUT2D eigenvalue weighted by atomic mass is 10.1. The predicted molar refractivity (Wildman–Crippen MR) is 110 cm³/mol. The monoisotopic (exact) mass is 378 g/mol. The molecule has 1 fully saturated rings. The number of pyridine rings is 1. The third-order valence-corrected chi connectivity index (χ3v) is 5.09. The normalized spacial score (nSPS) is 14.4. The molecule has 146 valence electrons. The smallest absolute Gasteiger partial charge is 0.224 e. The van der Waals surface area contributed by atoms with E-state index in [2.05, 4.69) is 31.7 Å². The van der Waals surface area contributed by atoms with Crippen LogP contribution in [-0.4, -0.2) is 48.1 Å². The number of morpholine rings is 1. The van der Waals surface area contributed by atoms with Crippen molar-refractivity contribution in [2.75, 3.05) is 37.7 Å². The summed E-state index contributed by atoms with van der Waals surface area (Å²) < 4.78 is 7.48. The molecule has 1 aliphatic heterocycles. The first-order valence-electron chi connectivity index (χ1n) is 9.89. The number of carbonyl (C=O) groups excluding carboxylic acids is 1. The van der Waals surface area contributed by atoms with Gasteiger partial charge < -0.3 is 19.4 Å². The van der Waals surface area contributed by atoms with Gasteiger partial charge in [0.2, 0.25) is 5.91 Å². The third-order valence-electron chi connectivity index (χ3n) is 5.09. The SMILES string of the molecule is O=C(Cc1ccc(N2CCOCC2)cc1)NCCCc1ncc2ccccn12. The number of anilines is 1. The van der Waals surface area contributed by atoms with E-state index in [-0.39, 0.29) is 5.91 Å². The molecule has 0 aliphatic carbocycles. The second-order valence-corrected chi connectivity index (χ2v) is 7.07. The maximum atomic E-state index is 12.2. The van der Waals surface area contributed by atoms with Crippen LogP contribution in [0.1, 0.15) is 17.8 Å². The summed E-state index contributed by atoms with van der Waals surface area (Å²) in [4.78, 5) is 19.0. The van der Waals surface area contributed by atoms with Crippen molar-refractivity contribution in [2.45, 2.75) is 19.3 Å². The van der Waals surface area contributed by atoms with E-state index in [1.54, 1.807) is 0 Å². The van der Waals surface area contributed by atoms with Crippen molar-refractivity contribution < 1.29 is 9.53 Å². The number of ether oxygens (including phenoxy) is 1. The number of benzene rings is 1. The number of aromatic nitrogens is 2. The Morgan fingerprint density at radius 3 is 2.75 bits per heavy atom. The molecule has 0 atom stereocenters. The van der Waals surface area contributed by atoms with Crippen molar-refractivity contribution in [2.24, 2.45) is 0 Å². The summed E-state index contributed by atoms with van der Waals surface area (Å²) in [5, 5.41) is 3.02. The molecule has 1 N–H and O–H groups in total. The number of imidazole rings is 1.